The minimum absolute atomic E-state index is 0.641. The van der Waals surface area contributed by atoms with Crippen molar-refractivity contribution in [3.05, 3.63) is 0 Å². The average Bonchev–Trinajstić information content (AvgIpc) is 2.09. The summed E-state index contributed by atoms with van der Waals surface area (Å²) >= 11 is 0. The third-order valence-corrected chi connectivity index (χ3v) is 8.10. The maximum absolute atomic E-state index is 2.57. The molecule has 0 aromatic rings. The second-order valence-electron chi connectivity index (χ2n) is 7.96. The molecule has 4 unspecified atom stereocenters. The normalized spacial score (nSPS) is 76.3. The number of fused-ring (bicyclic) bond motifs is 1. The lowest BCUT2D eigenvalue weighted by Gasteiger charge is -2.98. The van der Waals surface area contributed by atoms with Gasteiger partial charge in [0, 0.05) is 0 Å². The van der Waals surface area contributed by atoms with Crippen molar-refractivity contribution >= 4 is 0 Å². The maximum Gasteiger partial charge on any atom is -0.0266 e. The van der Waals surface area contributed by atoms with E-state index >= 15 is 0 Å². The van der Waals surface area contributed by atoms with Crippen LogP contribution in [0.4, 0.5) is 0 Å². The van der Waals surface area contributed by atoms with Gasteiger partial charge in [0.25, 0.3) is 0 Å². The fraction of sp³-hybridized carbons (Fsp3) is 1.00. The zero-order valence-corrected chi connectivity index (χ0v) is 9.62. The molecule has 0 heterocycles. The Hall–Kier alpha value is 0. The summed E-state index contributed by atoms with van der Waals surface area (Å²) in [6, 6.07) is 0. The van der Waals surface area contributed by atoms with E-state index in [4.69, 9.17) is 0 Å². The molecule has 6 aliphatic carbocycles. The van der Waals surface area contributed by atoms with Crippen LogP contribution in [-0.2, 0) is 0 Å². The van der Waals surface area contributed by atoms with Crippen LogP contribution in [0.2, 0.25) is 0 Å². The molecular formula is C14H20. The Kier molecular flexibility index (Phi) is 0.753. The lowest BCUT2D eigenvalue weighted by atomic mass is 9.06. The molecule has 14 heavy (non-hydrogen) atoms. The van der Waals surface area contributed by atoms with Crippen molar-refractivity contribution < 1.29 is 0 Å². The van der Waals surface area contributed by atoms with Crippen molar-refractivity contribution in [2.45, 2.75) is 27.7 Å². The van der Waals surface area contributed by atoms with Crippen LogP contribution in [0.15, 0.2) is 0 Å². The molecule has 6 fully saturated rings. The van der Waals surface area contributed by atoms with Gasteiger partial charge in [-0.05, 0) is 58.2 Å². The topological polar surface area (TPSA) is 0 Å². The van der Waals surface area contributed by atoms with E-state index in [-0.39, 0.29) is 0 Å². The Morgan fingerprint density at radius 3 is 1.07 bits per heavy atom. The van der Waals surface area contributed by atoms with Crippen molar-refractivity contribution in [3.63, 3.8) is 0 Å². The second-order valence-corrected chi connectivity index (χ2v) is 7.96. The first-order chi connectivity index (χ1) is 6.49. The molecule has 76 valence electrons. The zero-order valence-electron chi connectivity index (χ0n) is 9.62. The van der Waals surface area contributed by atoms with Crippen molar-refractivity contribution in [1.29, 1.82) is 0 Å². The summed E-state index contributed by atoms with van der Waals surface area (Å²) < 4.78 is 0. The van der Waals surface area contributed by atoms with Crippen molar-refractivity contribution in [1.82, 2.24) is 0 Å². The highest BCUT2D eigenvalue weighted by atomic mass is 15.0. The molecular weight excluding hydrogens is 168 g/mol. The minimum atomic E-state index is 0.641. The Bertz CT molecular complexity index is 308. The SMILES string of the molecule is CC1(C)C2C3C4C5C3C(C5C42)C1(C)C. The van der Waals surface area contributed by atoms with Gasteiger partial charge in [0.1, 0.15) is 0 Å². The van der Waals surface area contributed by atoms with E-state index in [2.05, 4.69) is 27.7 Å². The Labute approximate surface area is 86.5 Å². The van der Waals surface area contributed by atoms with Crippen LogP contribution in [0, 0.1) is 58.2 Å². The van der Waals surface area contributed by atoms with Crippen LogP contribution in [0.1, 0.15) is 27.7 Å². The van der Waals surface area contributed by atoms with Gasteiger partial charge in [-0.15, -0.1) is 0 Å². The minimum Gasteiger partial charge on any atom is -0.0591 e. The Morgan fingerprint density at radius 2 is 0.786 bits per heavy atom. The monoisotopic (exact) mass is 188 g/mol. The van der Waals surface area contributed by atoms with Crippen molar-refractivity contribution in [3.8, 4) is 0 Å². The maximum atomic E-state index is 2.57. The summed E-state index contributed by atoms with van der Waals surface area (Å²) in [6.45, 7) is 10.3. The van der Waals surface area contributed by atoms with Crippen LogP contribution in [0.5, 0.6) is 0 Å². The molecule has 6 saturated carbocycles. The van der Waals surface area contributed by atoms with Gasteiger partial charge in [-0.1, -0.05) is 27.7 Å². The Balaban J connectivity index is 1.75. The summed E-state index contributed by atoms with van der Waals surface area (Å²) in [5.74, 6) is 9.61. The molecule has 0 aliphatic heterocycles. The molecule has 4 atom stereocenters. The van der Waals surface area contributed by atoms with Gasteiger partial charge in [-0.3, -0.25) is 0 Å². The predicted octanol–water partition coefficient (Wildman–Crippen LogP) is 3.04. The molecule has 0 nitrogen and oxygen atoms in total. The molecule has 0 aromatic heterocycles. The molecule has 2 bridgehead atoms. The van der Waals surface area contributed by atoms with Crippen LogP contribution in [-0.4, -0.2) is 0 Å². The highest BCUT2D eigenvalue weighted by Crippen LogP contribution is 2.96. The van der Waals surface area contributed by atoms with Crippen LogP contribution < -0.4 is 0 Å². The molecule has 0 spiro atoms. The standard InChI is InChI=1S/C14H20/c1-13(2)11-7-5-6-9(7)12(14(13,3)4)10(6)8(5)11/h5-12H,1-4H3. The lowest BCUT2D eigenvalue weighted by molar-refractivity contribution is -0.513. The molecule has 0 saturated heterocycles. The number of hydrogen-bond acceptors (Lipinski definition) is 0. The largest absolute Gasteiger partial charge is 0.0591 e. The van der Waals surface area contributed by atoms with Gasteiger partial charge in [0.2, 0.25) is 0 Å². The first-order valence-corrected chi connectivity index (χ1v) is 6.49. The lowest BCUT2D eigenvalue weighted by Crippen LogP contribution is -2.94. The fourth-order valence-electron chi connectivity index (χ4n) is 7.20. The molecule has 0 N–H and O–H groups in total. The van der Waals surface area contributed by atoms with Crippen LogP contribution >= 0.6 is 0 Å². The summed E-state index contributed by atoms with van der Waals surface area (Å²) in [7, 11) is 0. The predicted molar refractivity (Wildman–Crippen MR) is 55.5 cm³/mol. The molecule has 0 aromatic carbocycles. The quantitative estimate of drug-likeness (QED) is 0.548. The molecule has 0 heteroatoms. The van der Waals surface area contributed by atoms with Gasteiger partial charge >= 0.3 is 0 Å². The summed E-state index contributed by atoms with van der Waals surface area (Å²) in [4.78, 5) is 0. The van der Waals surface area contributed by atoms with Crippen molar-refractivity contribution in [2.24, 2.45) is 58.2 Å². The van der Waals surface area contributed by atoms with Gasteiger partial charge in [0.15, 0.2) is 0 Å². The summed E-state index contributed by atoms with van der Waals surface area (Å²) in [5.41, 5.74) is 1.28. The van der Waals surface area contributed by atoms with E-state index < -0.39 is 0 Å². The van der Waals surface area contributed by atoms with E-state index in [1.165, 1.54) is 35.5 Å². The van der Waals surface area contributed by atoms with E-state index in [0.717, 1.165) is 11.8 Å². The first-order valence-electron chi connectivity index (χ1n) is 6.49. The molecule has 0 amide bonds. The van der Waals surface area contributed by atoms with Crippen LogP contribution in [0.3, 0.4) is 0 Å². The van der Waals surface area contributed by atoms with Gasteiger partial charge in [0.05, 0.1) is 0 Å². The van der Waals surface area contributed by atoms with Gasteiger partial charge in [-0.2, -0.15) is 0 Å². The van der Waals surface area contributed by atoms with E-state index in [1.807, 2.05) is 0 Å². The smallest absolute Gasteiger partial charge is 0.0266 e. The molecule has 6 rings (SSSR count). The fourth-order valence-corrected chi connectivity index (χ4v) is 7.20. The molecule has 6 aliphatic rings. The average molecular weight is 188 g/mol. The van der Waals surface area contributed by atoms with E-state index in [0.29, 0.717) is 10.8 Å². The van der Waals surface area contributed by atoms with Gasteiger partial charge < -0.3 is 0 Å². The molecule has 0 radical (unpaired) electrons. The number of hydrogen-bond donors (Lipinski definition) is 0. The first kappa shape index (κ1) is 7.30. The van der Waals surface area contributed by atoms with Crippen molar-refractivity contribution in [2.75, 3.05) is 0 Å². The van der Waals surface area contributed by atoms with E-state index in [9.17, 15) is 0 Å². The van der Waals surface area contributed by atoms with E-state index in [1.54, 1.807) is 0 Å². The third kappa shape index (κ3) is 0.344. The van der Waals surface area contributed by atoms with Crippen LogP contribution in [0.25, 0.3) is 0 Å². The highest BCUT2D eigenvalue weighted by molar-refractivity contribution is 5.39. The third-order valence-electron chi connectivity index (χ3n) is 8.10. The second kappa shape index (κ2) is 1.44. The zero-order chi connectivity index (χ0) is 9.62. The summed E-state index contributed by atoms with van der Waals surface area (Å²) in [5, 5.41) is 0. The Morgan fingerprint density at radius 1 is 0.500 bits per heavy atom. The summed E-state index contributed by atoms with van der Waals surface area (Å²) in [6.07, 6.45) is 0. The van der Waals surface area contributed by atoms with Gasteiger partial charge in [-0.25, -0.2) is 0 Å². The highest BCUT2D eigenvalue weighted by Gasteiger charge is 2.93. The number of rotatable bonds is 0.